The van der Waals surface area contributed by atoms with E-state index in [1.165, 1.54) is 11.3 Å². The molecule has 7 nitrogen and oxygen atoms in total. The molecule has 4 rings (SSSR count). The predicted molar refractivity (Wildman–Crippen MR) is 113 cm³/mol. The lowest BCUT2D eigenvalue weighted by Gasteiger charge is -2.33. The van der Waals surface area contributed by atoms with Crippen molar-refractivity contribution in [3.63, 3.8) is 0 Å². The average molecular weight is 411 g/mol. The van der Waals surface area contributed by atoms with E-state index in [-0.39, 0.29) is 5.91 Å². The molecule has 0 bridgehead atoms. The number of hydrogen-bond donors (Lipinski definition) is 1. The Morgan fingerprint density at radius 2 is 2.14 bits per heavy atom. The number of carbonyl (C=O) groups is 1. The lowest BCUT2D eigenvalue weighted by molar-refractivity contribution is -0.127. The fraction of sp³-hybridized carbons (Fsp3) is 0.429. The lowest BCUT2D eigenvalue weighted by Crippen LogP contribution is -2.44. The van der Waals surface area contributed by atoms with Gasteiger partial charge in [-0.15, -0.1) is 11.3 Å². The zero-order valence-electron chi connectivity index (χ0n) is 16.6. The summed E-state index contributed by atoms with van der Waals surface area (Å²) in [5.41, 5.74) is 1.59. The van der Waals surface area contributed by atoms with Gasteiger partial charge in [-0.2, -0.15) is 0 Å². The van der Waals surface area contributed by atoms with E-state index in [2.05, 4.69) is 31.6 Å². The molecule has 3 aromatic rings. The van der Waals surface area contributed by atoms with Crippen molar-refractivity contribution in [2.75, 3.05) is 19.6 Å². The number of aromatic nitrogens is 4. The summed E-state index contributed by atoms with van der Waals surface area (Å²) in [4.78, 5) is 30.1. The second kappa shape index (κ2) is 9.28. The van der Waals surface area contributed by atoms with Crippen molar-refractivity contribution in [3.05, 3.63) is 58.6 Å². The van der Waals surface area contributed by atoms with Crippen LogP contribution in [0.3, 0.4) is 0 Å². The first-order chi connectivity index (χ1) is 14.2. The van der Waals surface area contributed by atoms with Gasteiger partial charge < -0.3 is 5.32 Å². The molecule has 1 aliphatic heterocycles. The van der Waals surface area contributed by atoms with Gasteiger partial charge in [0.05, 0.1) is 5.69 Å². The van der Waals surface area contributed by atoms with Crippen molar-refractivity contribution in [3.8, 4) is 5.95 Å². The molecule has 1 unspecified atom stereocenters. The molecule has 1 N–H and O–H groups in total. The van der Waals surface area contributed by atoms with Gasteiger partial charge in [0, 0.05) is 29.5 Å². The lowest BCUT2D eigenvalue weighted by atomic mass is 10.0. The van der Waals surface area contributed by atoms with Crippen molar-refractivity contribution in [2.24, 2.45) is 0 Å². The number of aryl methyl sites for hydroxylation is 1. The first-order valence-electron chi connectivity index (χ1n) is 10.1. The average Bonchev–Trinajstić information content (AvgIpc) is 3.43. The molecule has 152 valence electrons. The standard InChI is InChI=1S/C21H26N6OS/c1-16-14-18(25-21(24-16)27-12-9-22-15-27)19(26-10-3-2-4-11-26)20(28)23-8-7-17-6-5-13-29-17/h5-6,9,12-15,19H,2-4,7-8,10-11H2,1H3,(H,23,28). The molecule has 1 aliphatic rings. The molecule has 0 aromatic carbocycles. The number of amides is 1. The van der Waals surface area contributed by atoms with E-state index in [0.29, 0.717) is 12.5 Å². The molecule has 0 spiro atoms. The highest BCUT2D eigenvalue weighted by atomic mass is 32.1. The van der Waals surface area contributed by atoms with Crippen LogP contribution in [0.4, 0.5) is 0 Å². The minimum absolute atomic E-state index is 0.0122. The monoisotopic (exact) mass is 410 g/mol. The maximum absolute atomic E-state index is 13.3. The van der Waals surface area contributed by atoms with Crippen molar-refractivity contribution in [1.29, 1.82) is 0 Å². The van der Waals surface area contributed by atoms with E-state index >= 15 is 0 Å². The van der Waals surface area contributed by atoms with Gasteiger partial charge >= 0.3 is 0 Å². The highest BCUT2D eigenvalue weighted by molar-refractivity contribution is 7.09. The van der Waals surface area contributed by atoms with Crippen molar-refractivity contribution in [1.82, 2.24) is 29.7 Å². The number of carbonyl (C=O) groups excluding carboxylic acids is 1. The Morgan fingerprint density at radius 3 is 2.86 bits per heavy atom. The van der Waals surface area contributed by atoms with Gasteiger partial charge in [0.2, 0.25) is 11.9 Å². The first-order valence-corrected chi connectivity index (χ1v) is 11.0. The van der Waals surface area contributed by atoms with Gasteiger partial charge in [-0.3, -0.25) is 14.3 Å². The van der Waals surface area contributed by atoms with Gasteiger partial charge in [-0.05, 0) is 56.8 Å². The summed E-state index contributed by atoms with van der Waals surface area (Å²) in [7, 11) is 0. The summed E-state index contributed by atoms with van der Waals surface area (Å²) in [6.45, 7) is 4.38. The number of likely N-dealkylation sites (tertiary alicyclic amines) is 1. The molecule has 0 radical (unpaired) electrons. The van der Waals surface area contributed by atoms with E-state index in [4.69, 9.17) is 4.98 Å². The molecule has 3 aromatic heterocycles. The van der Waals surface area contributed by atoms with E-state index < -0.39 is 6.04 Å². The summed E-state index contributed by atoms with van der Waals surface area (Å²) in [5, 5.41) is 5.20. The van der Waals surface area contributed by atoms with Crippen LogP contribution in [0.25, 0.3) is 5.95 Å². The Hall–Kier alpha value is -2.58. The van der Waals surface area contributed by atoms with E-state index in [1.807, 2.05) is 25.3 Å². The molecule has 29 heavy (non-hydrogen) atoms. The molecule has 8 heteroatoms. The Balaban J connectivity index is 1.57. The summed E-state index contributed by atoms with van der Waals surface area (Å²) in [6, 6.07) is 5.67. The zero-order valence-corrected chi connectivity index (χ0v) is 17.4. The van der Waals surface area contributed by atoms with E-state index in [0.717, 1.165) is 43.7 Å². The highest BCUT2D eigenvalue weighted by Gasteiger charge is 2.30. The minimum atomic E-state index is -0.400. The van der Waals surface area contributed by atoms with Gasteiger partial charge in [0.1, 0.15) is 12.4 Å². The van der Waals surface area contributed by atoms with Crippen LogP contribution in [-0.2, 0) is 11.2 Å². The van der Waals surface area contributed by atoms with Crippen LogP contribution >= 0.6 is 11.3 Å². The Kier molecular flexibility index (Phi) is 6.31. The van der Waals surface area contributed by atoms with Crippen molar-refractivity contribution >= 4 is 17.2 Å². The van der Waals surface area contributed by atoms with Crippen LogP contribution in [-0.4, -0.2) is 50.0 Å². The number of nitrogens with one attached hydrogen (secondary N) is 1. The molecule has 4 heterocycles. The smallest absolute Gasteiger partial charge is 0.243 e. The van der Waals surface area contributed by atoms with E-state index in [1.54, 1.807) is 28.4 Å². The van der Waals surface area contributed by atoms with Crippen LogP contribution in [0.5, 0.6) is 0 Å². The fourth-order valence-electron chi connectivity index (χ4n) is 3.73. The topological polar surface area (TPSA) is 75.9 Å². The van der Waals surface area contributed by atoms with Gasteiger partial charge in [0.25, 0.3) is 0 Å². The van der Waals surface area contributed by atoms with Crippen LogP contribution in [0, 0.1) is 6.92 Å². The second-order valence-electron chi connectivity index (χ2n) is 7.32. The zero-order chi connectivity index (χ0) is 20.1. The molecule has 1 amide bonds. The third-order valence-electron chi connectivity index (χ3n) is 5.13. The first kappa shape index (κ1) is 19.7. The summed E-state index contributed by atoms with van der Waals surface area (Å²) in [6.07, 6.45) is 9.47. The number of nitrogens with zero attached hydrogens (tertiary/aromatic N) is 5. The maximum Gasteiger partial charge on any atom is 0.243 e. The Labute approximate surface area is 174 Å². The van der Waals surface area contributed by atoms with Gasteiger partial charge in [0.15, 0.2) is 0 Å². The summed E-state index contributed by atoms with van der Waals surface area (Å²) >= 11 is 1.72. The van der Waals surface area contributed by atoms with E-state index in [9.17, 15) is 4.79 Å². The van der Waals surface area contributed by atoms with Crippen LogP contribution in [0.15, 0.2) is 42.3 Å². The second-order valence-corrected chi connectivity index (χ2v) is 8.36. The molecule has 1 saturated heterocycles. The van der Waals surface area contributed by atoms with Crippen molar-refractivity contribution in [2.45, 2.75) is 38.6 Å². The fourth-order valence-corrected chi connectivity index (χ4v) is 4.44. The minimum Gasteiger partial charge on any atom is -0.354 e. The number of rotatable bonds is 7. The molecule has 0 aliphatic carbocycles. The Morgan fingerprint density at radius 1 is 1.28 bits per heavy atom. The largest absolute Gasteiger partial charge is 0.354 e. The number of hydrogen-bond acceptors (Lipinski definition) is 6. The van der Waals surface area contributed by atoms with Crippen LogP contribution < -0.4 is 5.32 Å². The van der Waals surface area contributed by atoms with Crippen LogP contribution in [0.2, 0.25) is 0 Å². The van der Waals surface area contributed by atoms with Crippen LogP contribution in [0.1, 0.15) is 41.6 Å². The molecule has 1 fully saturated rings. The molecular weight excluding hydrogens is 384 g/mol. The Bertz CT molecular complexity index is 919. The molecular formula is C21H26N6OS. The maximum atomic E-state index is 13.3. The normalized spacial score (nSPS) is 15.9. The quantitative estimate of drug-likeness (QED) is 0.648. The number of thiophene rings is 1. The summed E-state index contributed by atoms with van der Waals surface area (Å²) in [5.74, 6) is 0.559. The SMILES string of the molecule is Cc1cc(C(C(=O)NCCc2cccs2)N2CCCCC2)nc(-n2ccnc2)n1. The summed E-state index contributed by atoms with van der Waals surface area (Å²) < 4.78 is 1.78. The third-order valence-corrected chi connectivity index (χ3v) is 6.07. The number of imidazole rings is 1. The molecule has 1 atom stereocenters. The van der Waals surface area contributed by atoms with Gasteiger partial charge in [-0.1, -0.05) is 12.5 Å². The number of piperidine rings is 1. The highest BCUT2D eigenvalue weighted by Crippen LogP contribution is 2.25. The van der Waals surface area contributed by atoms with Gasteiger partial charge in [-0.25, -0.2) is 15.0 Å². The third kappa shape index (κ3) is 4.89. The predicted octanol–water partition coefficient (Wildman–Crippen LogP) is 2.92. The van der Waals surface area contributed by atoms with Crippen molar-refractivity contribution < 1.29 is 4.79 Å². The molecule has 0 saturated carbocycles.